The summed E-state index contributed by atoms with van der Waals surface area (Å²) in [6.07, 6.45) is 5.37. The molecule has 28 heteroatoms. The first kappa shape index (κ1) is 79.3. The number of fused-ring (bicyclic) bond motifs is 1. The average molecular weight is 1410 g/mol. The van der Waals surface area contributed by atoms with Crippen molar-refractivity contribution in [3.05, 3.63) is 34.3 Å². The monoisotopic (exact) mass is 1410 g/mol. The number of aryl methyl sites for hydroxylation is 1. The number of alkyl halides is 3. The van der Waals surface area contributed by atoms with Gasteiger partial charge in [-0.3, -0.25) is 57.5 Å². The molecular weight excluding hydrogens is 1310 g/mol. The Labute approximate surface area is 586 Å². The maximum atomic E-state index is 15.6. The Bertz CT molecular complexity index is 3100. The van der Waals surface area contributed by atoms with Crippen molar-refractivity contribution in [2.45, 2.75) is 229 Å². The number of hydrogen-bond donors (Lipinski definition) is 3. The summed E-state index contributed by atoms with van der Waals surface area (Å²) in [7, 11) is 9.98. The number of halogens is 4. The molecule has 3 saturated heterocycles. The van der Waals surface area contributed by atoms with Gasteiger partial charge < -0.3 is 60.0 Å². The molecule has 3 aliphatic heterocycles. The number of hydrogen-bond acceptors (Lipinski definition) is 12. The van der Waals surface area contributed by atoms with Crippen LogP contribution in [0.2, 0.25) is 5.02 Å². The van der Waals surface area contributed by atoms with Crippen LogP contribution in [0.3, 0.4) is 0 Å². The summed E-state index contributed by atoms with van der Waals surface area (Å²) < 4.78 is 41.6. The van der Waals surface area contributed by atoms with E-state index in [1.165, 1.54) is 79.9 Å². The number of likely N-dealkylation sites (tertiary alicyclic amines) is 1. The SMILES string of the molecule is CC[C@H](C)[C@@H]1NC(=O)[C@H](CC(C)C)N(C)C(=O)C[C@H](C(=O)N2CCCC2)N(C)C(=O)[C@H](C2CCCC2)N(C)C(=O)C2(CCCC2)NC(=O)[C@@H]2CCCN2C(=O)[C@H](CCc2ccc(C(F)(F)F)c(Cl)c2)NC(=O)CN(C)C(=O)[C@H](CC2CCCCC2)N(C)C(=O)CN(C)C(=O)CN(C)C1=O. The van der Waals surface area contributed by atoms with Crippen LogP contribution in [0, 0.1) is 23.7 Å². The van der Waals surface area contributed by atoms with E-state index in [0.717, 1.165) is 71.8 Å². The number of nitrogens with one attached hydrogen (secondary N) is 3. The van der Waals surface area contributed by atoms with Gasteiger partial charge in [0.1, 0.15) is 47.8 Å². The van der Waals surface area contributed by atoms with Crippen molar-refractivity contribution in [3.8, 4) is 0 Å². The molecule has 3 heterocycles. The predicted molar refractivity (Wildman–Crippen MR) is 364 cm³/mol. The number of amides is 12. The minimum absolute atomic E-state index is 0.0205. The Hall–Kier alpha value is -7.06. The predicted octanol–water partition coefficient (Wildman–Crippen LogP) is 5.64. The van der Waals surface area contributed by atoms with Gasteiger partial charge in [0.2, 0.25) is 70.9 Å². The molecule has 24 nitrogen and oxygen atoms in total. The number of carbonyl (C=O) groups excluding carboxylic acids is 12. The highest BCUT2D eigenvalue weighted by Crippen LogP contribution is 2.39. The number of benzene rings is 1. The van der Waals surface area contributed by atoms with Gasteiger partial charge in [-0.15, -0.1) is 0 Å². The first-order chi connectivity index (χ1) is 46.7. The minimum Gasteiger partial charge on any atom is -0.343 e. The Morgan fingerprint density at radius 3 is 1.84 bits per heavy atom. The Balaban J connectivity index is 1.28. The molecule has 1 spiro atoms. The molecule has 0 radical (unpaired) electrons. The van der Waals surface area contributed by atoms with Gasteiger partial charge in [-0.1, -0.05) is 110 Å². The minimum atomic E-state index is -4.76. The summed E-state index contributed by atoms with van der Waals surface area (Å²) in [5.41, 5.74) is -2.33. The van der Waals surface area contributed by atoms with Crippen LogP contribution in [0.4, 0.5) is 13.2 Å². The van der Waals surface area contributed by atoms with Crippen LogP contribution in [-0.4, -0.2) is 251 Å². The molecule has 7 rings (SSSR count). The quantitative estimate of drug-likeness (QED) is 0.243. The van der Waals surface area contributed by atoms with E-state index in [4.69, 9.17) is 11.6 Å². The van der Waals surface area contributed by atoms with Crippen molar-refractivity contribution in [1.82, 2.24) is 60.0 Å². The van der Waals surface area contributed by atoms with Crippen LogP contribution in [0.1, 0.15) is 180 Å². The molecule has 552 valence electrons. The van der Waals surface area contributed by atoms with E-state index >= 15 is 24.0 Å². The maximum absolute atomic E-state index is 15.6. The molecule has 0 aromatic heterocycles. The number of rotatable bonds is 11. The number of nitrogens with zero attached hydrogens (tertiary/aromatic N) is 9. The van der Waals surface area contributed by atoms with Gasteiger partial charge in [0.15, 0.2) is 0 Å². The van der Waals surface area contributed by atoms with Crippen molar-refractivity contribution in [2.75, 3.05) is 88.6 Å². The lowest BCUT2D eigenvalue weighted by atomic mass is 9.84. The van der Waals surface area contributed by atoms with Gasteiger partial charge in [-0.2, -0.15) is 13.2 Å². The van der Waals surface area contributed by atoms with Gasteiger partial charge in [0.05, 0.1) is 36.6 Å². The fraction of sp³-hybridized carbons (Fsp3) is 0.746. The second kappa shape index (κ2) is 35.0. The largest absolute Gasteiger partial charge is 0.417 e. The average Bonchev–Trinajstić information content (AvgIpc) is 1.73. The van der Waals surface area contributed by atoms with Gasteiger partial charge in [-0.25, -0.2) is 0 Å². The lowest BCUT2D eigenvalue weighted by molar-refractivity contribution is -0.156. The maximum Gasteiger partial charge on any atom is 0.417 e. The summed E-state index contributed by atoms with van der Waals surface area (Å²) >= 11 is 6.15. The third-order valence-electron chi connectivity index (χ3n) is 21.9. The fourth-order valence-electron chi connectivity index (χ4n) is 15.5. The zero-order chi connectivity index (χ0) is 73.0. The van der Waals surface area contributed by atoms with Crippen molar-refractivity contribution in [3.63, 3.8) is 0 Å². The van der Waals surface area contributed by atoms with Crippen LogP contribution in [-0.2, 0) is 70.1 Å². The fourth-order valence-corrected chi connectivity index (χ4v) is 15.8. The van der Waals surface area contributed by atoms with Crippen LogP contribution in [0.15, 0.2) is 18.2 Å². The molecule has 3 N–H and O–H groups in total. The summed E-state index contributed by atoms with van der Waals surface area (Å²) in [5, 5.41) is 8.16. The van der Waals surface area contributed by atoms with E-state index in [2.05, 4.69) is 16.0 Å². The lowest BCUT2D eigenvalue weighted by Gasteiger charge is -2.42. The summed E-state index contributed by atoms with van der Waals surface area (Å²) in [4.78, 5) is 190. The van der Waals surface area contributed by atoms with Gasteiger partial charge >= 0.3 is 6.18 Å². The molecule has 8 atom stereocenters. The Morgan fingerprint density at radius 2 is 1.23 bits per heavy atom. The van der Waals surface area contributed by atoms with Crippen LogP contribution in [0.25, 0.3) is 0 Å². The van der Waals surface area contributed by atoms with E-state index in [9.17, 15) is 46.7 Å². The number of likely N-dealkylation sites (N-methyl/N-ethyl adjacent to an activating group) is 7. The highest BCUT2D eigenvalue weighted by atomic mass is 35.5. The molecule has 12 amide bonds. The summed E-state index contributed by atoms with van der Waals surface area (Å²) in [6, 6.07) is -5.49. The third kappa shape index (κ3) is 19.7. The zero-order valence-corrected chi connectivity index (χ0v) is 60.8. The summed E-state index contributed by atoms with van der Waals surface area (Å²) in [5.74, 6) is -8.70. The molecular formula is C71H108ClF3N12O12. The standard InChI is InChI=1S/C71H108ClF3N12O12/c1-12-45(4)60-67(97)81(7)42-58(90)79(5)43-59(91)83(9)54(39-46-23-14-13-15-24-46)65(95)80(6)41-56(88)76-51(31-29-47-28-30-49(50(72)38-47)71(73,74)75)64(94)87-36-22-27-52(87)63(93)78-70(32-18-19-33-70)69(99)85(11)61(48-25-16-17-26-48)68(98)84(10)55(66(96)86-34-20-21-35-86)40-57(89)82(8)53(37-44(2)3)62(92)77-60/h28,30,38,44-46,48,51-55,60-61H,12-27,29,31-37,39-43H2,1-11H3,(H,76,88)(H,77,92)(H,78,93)/t45-,51-,52-,53-,54-,55+,60-,61-/m0/s1. The van der Waals surface area contributed by atoms with Gasteiger partial charge in [-0.05, 0) is 118 Å². The van der Waals surface area contributed by atoms with Crippen LogP contribution >= 0.6 is 11.6 Å². The van der Waals surface area contributed by atoms with E-state index < -0.39 is 167 Å². The Kier molecular flexibility index (Phi) is 28.0. The molecule has 99 heavy (non-hydrogen) atoms. The molecule has 3 saturated carbocycles. The normalized spacial score (nSPS) is 26.8. The summed E-state index contributed by atoms with van der Waals surface area (Å²) in [6.45, 7) is 6.45. The molecule has 0 unspecified atom stereocenters. The van der Waals surface area contributed by atoms with Gasteiger partial charge in [0.25, 0.3) is 0 Å². The molecule has 1 aromatic carbocycles. The van der Waals surface area contributed by atoms with Crippen molar-refractivity contribution in [2.24, 2.45) is 23.7 Å². The van der Waals surface area contributed by atoms with E-state index in [1.54, 1.807) is 11.8 Å². The van der Waals surface area contributed by atoms with Crippen LogP contribution in [0.5, 0.6) is 0 Å². The smallest absolute Gasteiger partial charge is 0.343 e. The topological polar surface area (TPSA) is 270 Å². The zero-order valence-electron chi connectivity index (χ0n) is 60.0. The highest BCUT2D eigenvalue weighted by Gasteiger charge is 2.52. The second-order valence-electron chi connectivity index (χ2n) is 29.5. The molecule has 0 bridgehead atoms. The van der Waals surface area contributed by atoms with E-state index in [0.29, 0.717) is 70.0 Å². The van der Waals surface area contributed by atoms with E-state index in [-0.39, 0.29) is 69.2 Å². The molecule has 6 aliphatic rings. The lowest BCUT2D eigenvalue weighted by Crippen LogP contribution is -2.65. The van der Waals surface area contributed by atoms with E-state index in [1.807, 2.05) is 20.8 Å². The molecule has 1 aromatic rings. The number of carbonyl (C=O) groups is 12. The van der Waals surface area contributed by atoms with Gasteiger partial charge in [0, 0.05) is 69.0 Å². The highest BCUT2D eigenvalue weighted by molar-refractivity contribution is 6.31. The van der Waals surface area contributed by atoms with Crippen LogP contribution < -0.4 is 16.0 Å². The third-order valence-corrected chi connectivity index (χ3v) is 22.2. The van der Waals surface area contributed by atoms with Crippen molar-refractivity contribution < 1.29 is 70.7 Å². The van der Waals surface area contributed by atoms with Crippen molar-refractivity contribution in [1.29, 1.82) is 0 Å². The molecule has 3 aliphatic carbocycles. The first-order valence-corrected chi connectivity index (χ1v) is 36.2. The first-order valence-electron chi connectivity index (χ1n) is 35.9. The molecule has 6 fully saturated rings. The Morgan fingerprint density at radius 1 is 0.626 bits per heavy atom. The second-order valence-corrected chi connectivity index (χ2v) is 29.9. The van der Waals surface area contributed by atoms with Crippen molar-refractivity contribution >= 4 is 82.5 Å².